The number of nitrogens with one attached hydrogen (secondary N) is 1. The second-order valence-corrected chi connectivity index (χ2v) is 5.70. The molecule has 3 nitrogen and oxygen atoms in total. The summed E-state index contributed by atoms with van der Waals surface area (Å²) in [6.45, 7) is 8.24. The fraction of sp³-hybridized carbons (Fsp3) is 0.900. The van der Waals surface area contributed by atoms with Crippen molar-refractivity contribution in [3.05, 3.63) is 0 Å². The van der Waals surface area contributed by atoms with Gasteiger partial charge in [-0.3, -0.25) is 10.2 Å². The molecule has 0 aromatic rings. The van der Waals surface area contributed by atoms with Gasteiger partial charge in [0.25, 0.3) is 0 Å². The van der Waals surface area contributed by atoms with Crippen LogP contribution in [0.5, 0.6) is 0 Å². The molecule has 0 fully saturated rings. The predicted molar refractivity (Wildman–Crippen MR) is 62.9 cm³/mol. The Morgan fingerprint density at radius 2 is 2.07 bits per heavy atom. The fourth-order valence-corrected chi connectivity index (χ4v) is 2.33. The van der Waals surface area contributed by atoms with Gasteiger partial charge in [0.1, 0.15) is 0 Å². The number of hydrogen-bond acceptors (Lipinski definition) is 3. The fourth-order valence-electron chi connectivity index (χ4n) is 0.907. The number of thioether (sulfide) groups is 1. The third-order valence-corrected chi connectivity index (χ3v) is 3.50. The Morgan fingerprint density at radius 1 is 1.50 bits per heavy atom. The van der Waals surface area contributed by atoms with Gasteiger partial charge in [-0.25, -0.2) is 5.84 Å². The van der Waals surface area contributed by atoms with Crippen LogP contribution < -0.4 is 11.3 Å². The van der Waals surface area contributed by atoms with Crippen LogP contribution in [0, 0.1) is 11.3 Å². The first-order chi connectivity index (χ1) is 6.40. The van der Waals surface area contributed by atoms with Gasteiger partial charge < -0.3 is 0 Å². The van der Waals surface area contributed by atoms with Crippen molar-refractivity contribution in [2.45, 2.75) is 34.1 Å². The minimum atomic E-state index is -0.365. The summed E-state index contributed by atoms with van der Waals surface area (Å²) in [5.41, 5.74) is 1.84. The molecule has 0 aliphatic heterocycles. The van der Waals surface area contributed by atoms with E-state index < -0.39 is 0 Å². The van der Waals surface area contributed by atoms with Crippen LogP contribution in [0.2, 0.25) is 0 Å². The van der Waals surface area contributed by atoms with E-state index in [1.165, 1.54) is 6.42 Å². The molecule has 14 heavy (non-hydrogen) atoms. The standard InChI is InChI=1S/C10H22N2OS/c1-8(2)5-6-14-7-10(3,4)9(13)12-11/h8H,5-7,11H2,1-4H3,(H,12,13). The molecule has 0 heterocycles. The largest absolute Gasteiger partial charge is 0.294 e. The van der Waals surface area contributed by atoms with Crippen molar-refractivity contribution >= 4 is 17.7 Å². The van der Waals surface area contributed by atoms with Gasteiger partial charge in [0, 0.05) is 5.75 Å². The highest BCUT2D eigenvalue weighted by molar-refractivity contribution is 7.99. The molecule has 0 rings (SSSR count). The van der Waals surface area contributed by atoms with E-state index in [9.17, 15) is 4.79 Å². The monoisotopic (exact) mass is 218 g/mol. The number of carbonyl (C=O) groups excluding carboxylic acids is 1. The average molecular weight is 218 g/mol. The predicted octanol–water partition coefficient (Wildman–Crippen LogP) is 1.78. The first-order valence-electron chi connectivity index (χ1n) is 4.99. The molecule has 1 amide bonds. The summed E-state index contributed by atoms with van der Waals surface area (Å²) in [4.78, 5) is 11.3. The van der Waals surface area contributed by atoms with Crippen LogP contribution in [0.25, 0.3) is 0 Å². The molecule has 0 aromatic heterocycles. The minimum absolute atomic E-state index is 0.0884. The molecule has 0 unspecified atom stereocenters. The SMILES string of the molecule is CC(C)CCSCC(C)(C)C(=O)NN. The molecule has 84 valence electrons. The molecule has 0 atom stereocenters. The highest BCUT2D eigenvalue weighted by Gasteiger charge is 2.26. The van der Waals surface area contributed by atoms with Crippen molar-refractivity contribution < 1.29 is 4.79 Å². The number of hydrogen-bond donors (Lipinski definition) is 2. The zero-order valence-corrected chi connectivity index (χ0v) is 10.4. The molecular formula is C10H22N2OS. The normalized spacial score (nSPS) is 11.9. The lowest BCUT2D eigenvalue weighted by Crippen LogP contribution is -2.42. The minimum Gasteiger partial charge on any atom is -0.294 e. The van der Waals surface area contributed by atoms with Crippen LogP contribution in [0.15, 0.2) is 0 Å². The molecule has 0 aromatic carbocycles. The van der Waals surface area contributed by atoms with E-state index in [-0.39, 0.29) is 11.3 Å². The van der Waals surface area contributed by atoms with Crippen molar-refractivity contribution in [1.82, 2.24) is 5.43 Å². The van der Waals surface area contributed by atoms with E-state index in [0.717, 1.165) is 17.4 Å². The third-order valence-electron chi connectivity index (χ3n) is 2.05. The lowest BCUT2D eigenvalue weighted by Gasteiger charge is -2.21. The first-order valence-corrected chi connectivity index (χ1v) is 6.14. The summed E-state index contributed by atoms with van der Waals surface area (Å²) in [6.07, 6.45) is 1.20. The Labute approximate surface area is 91.2 Å². The molecule has 0 aliphatic carbocycles. The van der Waals surface area contributed by atoms with Crippen molar-refractivity contribution in [3.63, 3.8) is 0 Å². The number of hydrazine groups is 1. The summed E-state index contributed by atoms with van der Waals surface area (Å²) >= 11 is 1.82. The van der Waals surface area contributed by atoms with Crippen LogP contribution in [0.3, 0.4) is 0 Å². The quantitative estimate of drug-likeness (QED) is 0.309. The second kappa shape index (κ2) is 6.30. The zero-order chi connectivity index (χ0) is 11.2. The summed E-state index contributed by atoms with van der Waals surface area (Å²) in [5.74, 6) is 7.68. The maximum atomic E-state index is 11.3. The lowest BCUT2D eigenvalue weighted by molar-refractivity contribution is -0.128. The van der Waals surface area contributed by atoms with Crippen LogP contribution in [-0.4, -0.2) is 17.4 Å². The third kappa shape index (κ3) is 5.50. The first kappa shape index (κ1) is 13.8. The van der Waals surface area contributed by atoms with Crippen molar-refractivity contribution in [2.75, 3.05) is 11.5 Å². The van der Waals surface area contributed by atoms with Crippen molar-refractivity contribution in [1.29, 1.82) is 0 Å². The van der Waals surface area contributed by atoms with Gasteiger partial charge in [0.2, 0.25) is 5.91 Å². The van der Waals surface area contributed by atoms with E-state index in [4.69, 9.17) is 5.84 Å². The molecule has 0 spiro atoms. The van der Waals surface area contributed by atoms with Gasteiger partial charge in [-0.2, -0.15) is 11.8 Å². The summed E-state index contributed by atoms with van der Waals surface area (Å²) in [6, 6.07) is 0. The van der Waals surface area contributed by atoms with Gasteiger partial charge in [-0.05, 0) is 18.1 Å². The van der Waals surface area contributed by atoms with Crippen molar-refractivity contribution in [3.8, 4) is 0 Å². The number of rotatable bonds is 6. The van der Waals surface area contributed by atoms with E-state index >= 15 is 0 Å². The highest BCUT2D eigenvalue weighted by Crippen LogP contribution is 2.22. The van der Waals surface area contributed by atoms with E-state index in [1.807, 2.05) is 25.6 Å². The summed E-state index contributed by atoms with van der Waals surface area (Å²) < 4.78 is 0. The van der Waals surface area contributed by atoms with Crippen LogP contribution in [0.4, 0.5) is 0 Å². The highest BCUT2D eigenvalue weighted by atomic mass is 32.2. The van der Waals surface area contributed by atoms with Crippen LogP contribution in [-0.2, 0) is 4.79 Å². The van der Waals surface area contributed by atoms with E-state index in [2.05, 4.69) is 19.3 Å². The number of carbonyl (C=O) groups is 1. The van der Waals surface area contributed by atoms with Gasteiger partial charge in [-0.1, -0.05) is 27.7 Å². The summed E-state index contributed by atoms with van der Waals surface area (Å²) in [5, 5.41) is 0. The van der Waals surface area contributed by atoms with E-state index in [1.54, 1.807) is 0 Å². The Kier molecular flexibility index (Phi) is 6.20. The maximum absolute atomic E-state index is 11.3. The lowest BCUT2D eigenvalue weighted by atomic mass is 9.96. The van der Waals surface area contributed by atoms with Gasteiger partial charge >= 0.3 is 0 Å². The van der Waals surface area contributed by atoms with Gasteiger partial charge in [-0.15, -0.1) is 0 Å². The Balaban J connectivity index is 3.71. The number of amides is 1. The number of nitrogens with two attached hydrogens (primary N) is 1. The molecule has 3 N–H and O–H groups in total. The van der Waals surface area contributed by atoms with Gasteiger partial charge in [0.15, 0.2) is 0 Å². The molecule has 0 aliphatic rings. The molecule has 0 saturated heterocycles. The average Bonchev–Trinajstić information content (AvgIpc) is 2.10. The topological polar surface area (TPSA) is 55.1 Å². The van der Waals surface area contributed by atoms with Crippen LogP contribution in [0.1, 0.15) is 34.1 Å². The Morgan fingerprint density at radius 3 is 2.50 bits per heavy atom. The van der Waals surface area contributed by atoms with E-state index in [0.29, 0.717) is 0 Å². The van der Waals surface area contributed by atoms with Crippen LogP contribution >= 0.6 is 11.8 Å². The zero-order valence-electron chi connectivity index (χ0n) is 9.59. The molecule has 4 heteroatoms. The molecule has 0 radical (unpaired) electrons. The Bertz CT molecular complexity index is 181. The van der Waals surface area contributed by atoms with Crippen molar-refractivity contribution in [2.24, 2.45) is 17.2 Å². The molecular weight excluding hydrogens is 196 g/mol. The smallest absolute Gasteiger partial charge is 0.240 e. The maximum Gasteiger partial charge on any atom is 0.240 e. The summed E-state index contributed by atoms with van der Waals surface area (Å²) in [7, 11) is 0. The van der Waals surface area contributed by atoms with Gasteiger partial charge in [0.05, 0.1) is 5.41 Å². The Hall–Kier alpha value is -0.220. The molecule has 0 bridgehead atoms. The second-order valence-electron chi connectivity index (χ2n) is 4.59. The molecule has 0 saturated carbocycles.